The number of esters is 2. The zero-order chi connectivity index (χ0) is 15.0. The molecule has 1 aliphatic heterocycles. The minimum absolute atomic E-state index is 0.199. The summed E-state index contributed by atoms with van der Waals surface area (Å²) >= 11 is 0. The number of carbonyl (C=O) groups is 2. The highest BCUT2D eigenvalue weighted by Gasteiger charge is 2.47. The molecule has 112 valence electrons. The number of aromatic hydroxyl groups is 1. The first kappa shape index (κ1) is 13.9. The largest absolute Gasteiger partial charge is 0.507 e. The second-order valence-corrected chi connectivity index (χ2v) is 5.58. The molecule has 1 saturated carbocycles. The zero-order valence-corrected chi connectivity index (χ0v) is 12.0. The van der Waals surface area contributed by atoms with Crippen LogP contribution >= 0.6 is 0 Å². The van der Waals surface area contributed by atoms with Crippen molar-refractivity contribution in [2.45, 2.75) is 44.6 Å². The van der Waals surface area contributed by atoms with Crippen LogP contribution in [0.2, 0.25) is 0 Å². The number of phenols is 1. The number of hydrogen-bond acceptors (Lipinski definition) is 5. The summed E-state index contributed by atoms with van der Waals surface area (Å²) in [5.74, 6) is -1.20. The normalized spacial score (nSPS) is 19.2. The van der Waals surface area contributed by atoms with E-state index in [2.05, 4.69) is 0 Å². The van der Waals surface area contributed by atoms with Crippen LogP contribution in [-0.2, 0) is 15.1 Å². The average Bonchev–Trinajstić information content (AvgIpc) is 2.73. The lowest BCUT2D eigenvalue weighted by atomic mass is 9.78. The maximum absolute atomic E-state index is 12.1. The first-order chi connectivity index (χ1) is 10.1. The van der Waals surface area contributed by atoms with Crippen molar-refractivity contribution in [2.24, 2.45) is 0 Å². The van der Waals surface area contributed by atoms with Crippen LogP contribution < -0.4 is 0 Å². The molecule has 1 spiro atoms. The molecule has 3 rings (SSSR count). The zero-order valence-electron chi connectivity index (χ0n) is 12.0. The van der Waals surface area contributed by atoms with Gasteiger partial charge in [0.15, 0.2) is 0 Å². The van der Waals surface area contributed by atoms with Gasteiger partial charge in [-0.05, 0) is 44.7 Å². The van der Waals surface area contributed by atoms with Crippen molar-refractivity contribution in [1.29, 1.82) is 0 Å². The second kappa shape index (κ2) is 5.06. The standard InChI is InChI=1S/C16H18O5/c1-2-20-14(18)10-8-11-13(12(17)9-10)15(19)21-16(11)6-4-3-5-7-16/h8-9,17H,2-7H2,1H3. The van der Waals surface area contributed by atoms with Gasteiger partial charge in [-0.15, -0.1) is 0 Å². The lowest BCUT2D eigenvalue weighted by molar-refractivity contribution is -0.0280. The maximum atomic E-state index is 12.1. The summed E-state index contributed by atoms with van der Waals surface area (Å²) in [5, 5.41) is 10.1. The highest BCUT2D eigenvalue weighted by Crippen LogP contribution is 2.49. The lowest BCUT2D eigenvalue weighted by Gasteiger charge is -2.32. The van der Waals surface area contributed by atoms with Crippen LogP contribution in [0.5, 0.6) is 5.75 Å². The van der Waals surface area contributed by atoms with Crippen LogP contribution in [0.15, 0.2) is 12.1 Å². The third-order valence-electron chi connectivity index (χ3n) is 4.27. The molecule has 5 heteroatoms. The molecule has 21 heavy (non-hydrogen) atoms. The van der Waals surface area contributed by atoms with Gasteiger partial charge < -0.3 is 14.6 Å². The van der Waals surface area contributed by atoms with Crippen LogP contribution in [-0.4, -0.2) is 23.7 Å². The average molecular weight is 290 g/mol. The Kier molecular flexibility index (Phi) is 3.35. The van der Waals surface area contributed by atoms with Crippen molar-refractivity contribution in [3.8, 4) is 5.75 Å². The third-order valence-corrected chi connectivity index (χ3v) is 4.27. The SMILES string of the molecule is CCOC(=O)c1cc(O)c2c(c1)C1(CCCCC1)OC2=O. The molecule has 0 amide bonds. The molecule has 1 N–H and O–H groups in total. The minimum Gasteiger partial charge on any atom is -0.507 e. The van der Waals surface area contributed by atoms with Gasteiger partial charge in [0.05, 0.1) is 12.2 Å². The molecule has 0 radical (unpaired) electrons. The van der Waals surface area contributed by atoms with Gasteiger partial charge in [-0.25, -0.2) is 9.59 Å². The topological polar surface area (TPSA) is 72.8 Å². The van der Waals surface area contributed by atoms with Crippen molar-refractivity contribution in [1.82, 2.24) is 0 Å². The van der Waals surface area contributed by atoms with Gasteiger partial charge in [0.25, 0.3) is 0 Å². The smallest absolute Gasteiger partial charge is 0.343 e. The van der Waals surface area contributed by atoms with Crippen LogP contribution in [0, 0.1) is 0 Å². The molecule has 0 unspecified atom stereocenters. The van der Waals surface area contributed by atoms with Gasteiger partial charge in [-0.2, -0.15) is 0 Å². The predicted molar refractivity (Wildman–Crippen MR) is 74.2 cm³/mol. The fourth-order valence-electron chi connectivity index (χ4n) is 3.31. The van der Waals surface area contributed by atoms with Gasteiger partial charge in [0, 0.05) is 5.56 Å². The Morgan fingerprint density at radius 3 is 2.71 bits per heavy atom. The van der Waals surface area contributed by atoms with E-state index in [1.54, 1.807) is 13.0 Å². The van der Waals surface area contributed by atoms with E-state index in [0.29, 0.717) is 5.56 Å². The van der Waals surface area contributed by atoms with Crippen molar-refractivity contribution in [2.75, 3.05) is 6.61 Å². The number of phenolic OH excluding ortho intramolecular Hbond substituents is 1. The third kappa shape index (κ3) is 2.17. The Hall–Kier alpha value is -2.04. The molecule has 5 nitrogen and oxygen atoms in total. The highest BCUT2D eigenvalue weighted by atomic mass is 16.6. The fourth-order valence-corrected chi connectivity index (χ4v) is 3.31. The Morgan fingerprint density at radius 1 is 1.33 bits per heavy atom. The molecule has 1 heterocycles. The summed E-state index contributed by atoms with van der Waals surface area (Å²) in [5.41, 5.74) is 0.418. The summed E-state index contributed by atoms with van der Waals surface area (Å²) in [6.07, 6.45) is 4.52. The quantitative estimate of drug-likeness (QED) is 0.848. The number of fused-ring (bicyclic) bond motifs is 2. The molecule has 0 atom stereocenters. The van der Waals surface area contributed by atoms with E-state index in [1.165, 1.54) is 6.07 Å². The molecule has 2 aliphatic rings. The first-order valence-electron chi connectivity index (χ1n) is 7.35. The van der Waals surface area contributed by atoms with Crippen molar-refractivity contribution < 1.29 is 24.2 Å². The van der Waals surface area contributed by atoms with Gasteiger partial charge in [0.2, 0.25) is 0 Å². The van der Waals surface area contributed by atoms with E-state index in [-0.39, 0.29) is 23.5 Å². The van der Waals surface area contributed by atoms with Crippen LogP contribution in [0.4, 0.5) is 0 Å². The predicted octanol–water partition coefficient (Wildman–Crippen LogP) is 2.90. The molecule has 0 aromatic heterocycles. The lowest BCUT2D eigenvalue weighted by Crippen LogP contribution is -2.29. The Balaban J connectivity index is 2.09. The van der Waals surface area contributed by atoms with Crippen LogP contribution in [0.1, 0.15) is 65.3 Å². The van der Waals surface area contributed by atoms with E-state index >= 15 is 0 Å². The highest BCUT2D eigenvalue weighted by molar-refractivity contribution is 6.00. The Labute approximate surface area is 122 Å². The van der Waals surface area contributed by atoms with Gasteiger partial charge in [-0.3, -0.25) is 0 Å². The molecule has 1 fully saturated rings. The maximum Gasteiger partial charge on any atom is 0.343 e. The minimum atomic E-state index is -0.676. The van der Waals surface area contributed by atoms with Crippen LogP contribution in [0.25, 0.3) is 0 Å². The van der Waals surface area contributed by atoms with Crippen molar-refractivity contribution in [3.63, 3.8) is 0 Å². The van der Waals surface area contributed by atoms with E-state index in [1.807, 2.05) is 0 Å². The van der Waals surface area contributed by atoms with Gasteiger partial charge in [-0.1, -0.05) is 6.42 Å². The Bertz CT molecular complexity index is 599. The van der Waals surface area contributed by atoms with E-state index in [4.69, 9.17) is 9.47 Å². The summed E-state index contributed by atoms with van der Waals surface area (Å²) < 4.78 is 10.6. The van der Waals surface area contributed by atoms with E-state index in [0.717, 1.165) is 32.1 Å². The van der Waals surface area contributed by atoms with Gasteiger partial charge in [0.1, 0.15) is 16.9 Å². The molecule has 0 saturated heterocycles. The molecule has 0 bridgehead atoms. The molecular weight excluding hydrogens is 272 g/mol. The van der Waals surface area contributed by atoms with Crippen LogP contribution in [0.3, 0.4) is 0 Å². The fraction of sp³-hybridized carbons (Fsp3) is 0.500. The van der Waals surface area contributed by atoms with E-state index < -0.39 is 17.5 Å². The summed E-state index contributed by atoms with van der Waals surface area (Å²) in [7, 11) is 0. The monoisotopic (exact) mass is 290 g/mol. The molecule has 1 aromatic rings. The molecular formula is C16H18O5. The van der Waals surface area contributed by atoms with Crippen molar-refractivity contribution in [3.05, 3.63) is 28.8 Å². The number of rotatable bonds is 2. The second-order valence-electron chi connectivity index (χ2n) is 5.58. The molecule has 1 aliphatic carbocycles. The Morgan fingerprint density at radius 2 is 2.05 bits per heavy atom. The number of carbonyl (C=O) groups excluding carboxylic acids is 2. The summed E-state index contributed by atoms with van der Waals surface area (Å²) in [6.45, 7) is 1.98. The van der Waals surface area contributed by atoms with Gasteiger partial charge >= 0.3 is 11.9 Å². The first-order valence-corrected chi connectivity index (χ1v) is 7.35. The number of ether oxygens (including phenoxy) is 2. The number of hydrogen-bond donors (Lipinski definition) is 1. The van der Waals surface area contributed by atoms with Crippen molar-refractivity contribution >= 4 is 11.9 Å². The van der Waals surface area contributed by atoms with E-state index in [9.17, 15) is 14.7 Å². The molecule has 1 aromatic carbocycles. The number of benzene rings is 1. The summed E-state index contributed by atoms with van der Waals surface area (Å²) in [6, 6.07) is 2.92. The summed E-state index contributed by atoms with van der Waals surface area (Å²) in [4.78, 5) is 24.0.